The van der Waals surface area contributed by atoms with Crippen LogP contribution in [0.5, 0.6) is 0 Å². The second-order valence-corrected chi connectivity index (χ2v) is 5.39. The number of nitrogens with zero attached hydrogens (tertiary/aromatic N) is 1. The third-order valence-electron chi connectivity index (χ3n) is 4.04. The van der Waals surface area contributed by atoms with Crippen molar-refractivity contribution in [3.05, 3.63) is 34.9 Å². The maximum Gasteiger partial charge on any atom is 0.373 e. The van der Waals surface area contributed by atoms with Crippen LogP contribution in [0.3, 0.4) is 0 Å². The van der Waals surface area contributed by atoms with Crippen LogP contribution in [0.4, 0.5) is 0 Å². The minimum Gasteiger partial charge on any atom is -0.381 e. The van der Waals surface area contributed by atoms with Gasteiger partial charge < -0.3 is 4.74 Å². The summed E-state index contributed by atoms with van der Waals surface area (Å²) in [4.78, 5) is 16.2. The Balaban J connectivity index is 0.000000677. The molecule has 1 fully saturated rings. The molecule has 21 heavy (non-hydrogen) atoms. The van der Waals surface area contributed by atoms with Gasteiger partial charge in [0.05, 0.1) is 12.0 Å². The van der Waals surface area contributed by atoms with Gasteiger partial charge in [-0.05, 0) is 37.0 Å². The van der Waals surface area contributed by atoms with Gasteiger partial charge in [0.15, 0.2) is 0 Å². The molecule has 0 aliphatic carbocycles. The van der Waals surface area contributed by atoms with E-state index in [1.54, 1.807) is 0 Å². The zero-order valence-corrected chi connectivity index (χ0v) is 12.7. The molecule has 1 aliphatic rings. The Morgan fingerprint density at radius 2 is 1.81 bits per heavy atom. The van der Waals surface area contributed by atoms with E-state index in [9.17, 15) is 5.26 Å². The lowest BCUT2D eigenvalue weighted by Crippen LogP contribution is -2.40. The molecule has 2 rings (SSSR count). The van der Waals surface area contributed by atoms with Crippen LogP contribution < -0.4 is 0 Å². The lowest BCUT2D eigenvalue weighted by Gasteiger charge is -2.41. The lowest BCUT2D eigenvalue weighted by molar-refractivity contribution is -0.191. The molecule has 1 unspecified atom stereocenters. The number of carbonyl (C=O) groups excluding carboxylic acids is 2. The maximum absolute atomic E-state index is 9.44. The predicted molar refractivity (Wildman–Crippen MR) is 77.6 cm³/mol. The van der Waals surface area contributed by atoms with Crippen molar-refractivity contribution < 1.29 is 14.3 Å². The van der Waals surface area contributed by atoms with Crippen LogP contribution in [0.15, 0.2) is 24.3 Å². The SMILES string of the molecule is CCC(C#N)C1(c2ccc(Cl)cc2)CCOCC1.O=C=O. The summed E-state index contributed by atoms with van der Waals surface area (Å²) in [6.07, 6.45) is 2.96. The molecule has 1 aromatic rings. The van der Waals surface area contributed by atoms with Crippen LogP contribution >= 0.6 is 11.6 Å². The zero-order chi connectivity index (χ0) is 15.7. The first-order chi connectivity index (χ1) is 10.1. The summed E-state index contributed by atoms with van der Waals surface area (Å²) in [6.45, 7) is 3.56. The Labute approximate surface area is 129 Å². The first-order valence-electron chi connectivity index (χ1n) is 6.87. The molecule has 0 saturated carbocycles. The molecule has 0 amide bonds. The molecule has 0 spiro atoms. The molecule has 1 aromatic carbocycles. The number of nitriles is 1. The average molecular weight is 308 g/mol. The fourth-order valence-corrected chi connectivity index (χ4v) is 3.09. The molecule has 4 nitrogen and oxygen atoms in total. The fourth-order valence-electron chi connectivity index (χ4n) is 2.96. The Kier molecular flexibility index (Phi) is 7.11. The summed E-state index contributed by atoms with van der Waals surface area (Å²) in [5, 5.41) is 10.2. The van der Waals surface area contributed by atoms with Crippen molar-refractivity contribution >= 4 is 17.8 Å². The molecule has 1 aliphatic heterocycles. The van der Waals surface area contributed by atoms with Gasteiger partial charge in [-0.25, -0.2) is 0 Å². The quantitative estimate of drug-likeness (QED) is 0.858. The van der Waals surface area contributed by atoms with Crippen LogP contribution in [-0.4, -0.2) is 19.4 Å². The van der Waals surface area contributed by atoms with Gasteiger partial charge in [0.25, 0.3) is 0 Å². The summed E-state index contributed by atoms with van der Waals surface area (Å²) >= 11 is 5.95. The maximum atomic E-state index is 9.44. The highest BCUT2D eigenvalue weighted by atomic mass is 35.5. The molecule has 0 N–H and O–H groups in total. The number of benzene rings is 1. The van der Waals surface area contributed by atoms with Crippen molar-refractivity contribution in [2.75, 3.05) is 13.2 Å². The molecule has 1 heterocycles. The summed E-state index contributed by atoms with van der Waals surface area (Å²) < 4.78 is 5.47. The molecule has 0 aromatic heterocycles. The van der Waals surface area contributed by atoms with Crippen LogP contribution in [-0.2, 0) is 19.7 Å². The number of ether oxygens (including phenoxy) is 1. The van der Waals surface area contributed by atoms with Gasteiger partial charge in [0.1, 0.15) is 0 Å². The third kappa shape index (κ3) is 4.15. The standard InChI is InChI=1S/C15H18ClNO.CO2/c1-2-12(11-17)15(7-9-18-10-8-15)13-3-5-14(16)6-4-13;2-1-3/h3-6,12H,2,7-10H2,1H3;. The van der Waals surface area contributed by atoms with E-state index in [0.29, 0.717) is 0 Å². The average Bonchev–Trinajstić information content (AvgIpc) is 2.51. The monoisotopic (exact) mass is 307 g/mol. The van der Waals surface area contributed by atoms with Crippen molar-refractivity contribution in [2.45, 2.75) is 31.6 Å². The predicted octanol–water partition coefficient (Wildman–Crippen LogP) is 3.35. The minimum atomic E-state index is -0.0632. The second-order valence-electron chi connectivity index (χ2n) is 4.95. The Bertz CT molecular complexity index is 509. The van der Waals surface area contributed by atoms with Gasteiger partial charge in [-0.1, -0.05) is 30.7 Å². The van der Waals surface area contributed by atoms with E-state index in [2.05, 4.69) is 25.1 Å². The molecule has 5 heteroatoms. The molecular formula is C16H18ClNO3. The van der Waals surface area contributed by atoms with Crippen molar-refractivity contribution in [2.24, 2.45) is 5.92 Å². The lowest BCUT2D eigenvalue weighted by atomic mass is 9.65. The highest BCUT2D eigenvalue weighted by molar-refractivity contribution is 6.30. The normalized spacial score (nSPS) is 17.6. The van der Waals surface area contributed by atoms with E-state index in [4.69, 9.17) is 25.9 Å². The molecule has 0 bridgehead atoms. The van der Waals surface area contributed by atoms with Crippen molar-refractivity contribution in [1.82, 2.24) is 0 Å². The Hall–Kier alpha value is -1.66. The molecule has 112 valence electrons. The van der Waals surface area contributed by atoms with Crippen LogP contribution in [0, 0.1) is 17.2 Å². The first kappa shape index (κ1) is 17.4. The first-order valence-corrected chi connectivity index (χ1v) is 7.25. The smallest absolute Gasteiger partial charge is 0.373 e. The van der Waals surface area contributed by atoms with Crippen LogP contribution in [0.25, 0.3) is 0 Å². The summed E-state index contributed by atoms with van der Waals surface area (Å²) in [7, 11) is 0. The number of halogens is 1. The third-order valence-corrected chi connectivity index (χ3v) is 4.29. The van der Waals surface area contributed by atoms with Gasteiger partial charge in [-0.3, -0.25) is 0 Å². The molecule has 1 saturated heterocycles. The van der Waals surface area contributed by atoms with Crippen molar-refractivity contribution in [3.63, 3.8) is 0 Å². The molecular weight excluding hydrogens is 290 g/mol. The summed E-state index contributed by atoms with van der Waals surface area (Å²) in [5.74, 6) is 0.0441. The van der Waals surface area contributed by atoms with Crippen molar-refractivity contribution in [1.29, 1.82) is 5.26 Å². The highest BCUT2D eigenvalue weighted by Gasteiger charge is 2.41. The van der Waals surface area contributed by atoms with Gasteiger partial charge in [-0.15, -0.1) is 0 Å². The van der Waals surface area contributed by atoms with E-state index in [1.807, 2.05) is 12.1 Å². The van der Waals surface area contributed by atoms with Gasteiger partial charge in [0.2, 0.25) is 0 Å². The van der Waals surface area contributed by atoms with Crippen LogP contribution in [0.2, 0.25) is 5.02 Å². The number of hydrogen-bond acceptors (Lipinski definition) is 4. The van der Waals surface area contributed by atoms with Gasteiger partial charge >= 0.3 is 6.15 Å². The van der Waals surface area contributed by atoms with Crippen molar-refractivity contribution in [3.8, 4) is 6.07 Å². The number of rotatable bonds is 3. The second kappa shape index (κ2) is 8.59. The Morgan fingerprint density at radius 1 is 1.29 bits per heavy atom. The van der Waals surface area contributed by atoms with Crippen LogP contribution in [0.1, 0.15) is 31.7 Å². The molecule has 1 atom stereocenters. The van der Waals surface area contributed by atoms with Gasteiger partial charge in [0, 0.05) is 23.7 Å². The van der Waals surface area contributed by atoms with E-state index < -0.39 is 0 Å². The van der Waals surface area contributed by atoms with E-state index in [0.717, 1.165) is 37.5 Å². The topological polar surface area (TPSA) is 67.2 Å². The summed E-state index contributed by atoms with van der Waals surface area (Å²) in [6, 6.07) is 10.4. The highest BCUT2D eigenvalue weighted by Crippen LogP contribution is 2.43. The van der Waals surface area contributed by atoms with E-state index in [-0.39, 0.29) is 17.5 Å². The summed E-state index contributed by atoms with van der Waals surface area (Å²) in [5.41, 5.74) is 1.16. The van der Waals surface area contributed by atoms with E-state index in [1.165, 1.54) is 5.56 Å². The number of hydrogen-bond donors (Lipinski definition) is 0. The van der Waals surface area contributed by atoms with E-state index >= 15 is 0 Å². The zero-order valence-electron chi connectivity index (χ0n) is 12.0. The molecule has 0 radical (unpaired) electrons. The minimum absolute atomic E-state index is 0.0441. The van der Waals surface area contributed by atoms with Gasteiger partial charge in [-0.2, -0.15) is 14.9 Å². The Morgan fingerprint density at radius 3 is 2.24 bits per heavy atom. The fraction of sp³-hybridized carbons (Fsp3) is 0.500. The largest absolute Gasteiger partial charge is 0.381 e.